The van der Waals surface area contributed by atoms with Gasteiger partial charge in [0.25, 0.3) is 0 Å². The Balaban J connectivity index is 4.11. The van der Waals surface area contributed by atoms with E-state index in [0.29, 0.717) is 17.8 Å². The minimum Gasteiger partial charge on any atom is -0.460 e. The maximum atomic E-state index is 11.4. The van der Waals surface area contributed by atoms with Gasteiger partial charge in [-0.3, -0.25) is 0 Å². The lowest BCUT2D eigenvalue weighted by molar-refractivity contribution is -0.185. The zero-order valence-electron chi connectivity index (χ0n) is 13.7. The van der Waals surface area contributed by atoms with E-state index in [4.69, 9.17) is 18.9 Å². The molecule has 6 nitrogen and oxygen atoms in total. The molecule has 0 bridgehead atoms. The second kappa shape index (κ2) is 11.9. The van der Waals surface area contributed by atoms with Crippen molar-refractivity contribution in [3.05, 3.63) is 24.3 Å². The Bertz CT molecular complexity index is 388. The van der Waals surface area contributed by atoms with Crippen LogP contribution in [0.2, 0.25) is 0 Å². The van der Waals surface area contributed by atoms with Crippen LogP contribution in [0.15, 0.2) is 24.3 Å². The van der Waals surface area contributed by atoms with Crippen molar-refractivity contribution in [2.24, 2.45) is 0 Å². The predicted molar refractivity (Wildman–Crippen MR) is 82.1 cm³/mol. The Kier molecular flexibility index (Phi) is 11.0. The van der Waals surface area contributed by atoms with Gasteiger partial charge in [0.15, 0.2) is 6.29 Å². The lowest BCUT2D eigenvalue weighted by atomic mass is 10.4. The van der Waals surface area contributed by atoms with Crippen molar-refractivity contribution in [1.82, 2.24) is 0 Å². The Morgan fingerprint density at radius 1 is 0.909 bits per heavy atom. The van der Waals surface area contributed by atoms with Crippen LogP contribution in [0.4, 0.5) is 0 Å². The first kappa shape index (κ1) is 20.3. The van der Waals surface area contributed by atoms with E-state index in [2.05, 4.69) is 13.2 Å². The van der Waals surface area contributed by atoms with Crippen molar-refractivity contribution in [1.29, 1.82) is 0 Å². The molecule has 1 atom stereocenters. The molecule has 0 saturated heterocycles. The van der Waals surface area contributed by atoms with Crippen LogP contribution >= 0.6 is 0 Å². The summed E-state index contributed by atoms with van der Waals surface area (Å²) >= 11 is 0. The van der Waals surface area contributed by atoms with Crippen molar-refractivity contribution < 1.29 is 28.5 Å². The van der Waals surface area contributed by atoms with E-state index in [1.165, 1.54) is 0 Å². The van der Waals surface area contributed by atoms with Gasteiger partial charge < -0.3 is 18.9 Å². The van der Waals surface area contributed by atoms with E-state index in [9.17, 15) is 9.59 Å². The van der Waals surface area contributed by atoms with Crippen LogP contribution in [0.25, 0.3) is 0 Å². The van der Waals surface area contributed by atoms with E-state index in [1.807, 2.05) is 6.92 Å². The van der Waals surface area contributed by atoms with Crippen molar-refractivity contribution in [2.45, 2.75) is 39.9 Å². The normalized spacial score (nSPS) is 11.6. The summed E-state index contributed by atoms with van der Waals surface area (Å²) in [7, 11) is 0. The molecule has 22 heavy (non-hydrogen) atoms. The van der Waals surface area contributed by atoms with Gasteiger partial charge in [0.2, 0.25) is 0 Å². The van der Waals surface area contributed by atoms with Gasteiger partial charge in [-0.15, -0.1) is 0 Å². The fourth-order valence-electron chi connectivity index (χ4n) is 1.21. The highest BCUT2D eigenvalue weighted by molar-refractivity contribution is 5.87. The summed E-state index contributed by atoms with van der Waals surface area (Å²) in [6.45, 7) is 12.8. The molecule has 0 radical (unpaired) electrons. The van der Waals surface area contributed by atoms with E-state index in [-0.39, 0.29) is 19.8 Å². The number of rotatable bonds is 12. The Labute approximate surface area is 132 Å². The monoisotopic (exact) mass is 314 g/mol. The molecule has 0 spiro atoms. The number of esters is 2. The van der Waals surface area contributed by atoms with E-state index >= 15 is 0 Å². The topological polar surface area (TPSA) is 71.1 Å². The van der Waals surface area contributed by atoms with Crippen molar-refractivity contribution in [2.75, 3.05) is 26.4 Å². The molecule has 6 heteroatoms. The molecule has 0 heterocycles. The van der Waals surface area contributed by atoms with Gasteiger partial charge in [0, 0.05) is 17.8 Å². The van der Waals surface area contributed by atoms with Gasteiger partial charge >= 0.3 is 11.9 Å². The summed E-state index contributed by atoms with van der Waals surface area (Å²) in [6, 6.07) is 0. The third-order valence-electron chi connectivity index (χ3n) is 2.47. The van der Waals surface area contributed by atoms with Gasteiger partial charge in [0.05, 0.1) is 6.61 Å². The zero-order chi connectivity index (χ0) is 17.0. The molecule has 0 aromatic heterocycles. The summed E-state index contributed by atoms with van der Waals surface area (Å²) < 4.78 is 20.8. The molecule has 0 rings (SSSR count). The molecule has 0 aliphatic carbocycles. The van der Waals surface area contributed by atoms with Crippen LogP contribution in [-0.4, -0.2) is 44.7 Å². The fourth-order valence-corrected chi connectivity index (χ4v) is 1.21. The summed E-state index contributed by atoms with van der Waals surface area (Å²) in [5, 5.41) is 0. The third kappa shape index (κ3) is 10.1. The van der Waals surface area contributed by atoms with Gasteiger partial charge in [-0.1, -0.05) is 26.5 Å². The average Bonchev–Trinajstić information content (AvgIpc) is 2.47. The third-order valence-corrected chi connectivity index (χ3v) is 2.47. The molecule has 0 aliphatic heterocycles. The molecular weight excluding hydrogens is 288 g/mol. The van der Waals surface area contributed by atoms with Crippen LogP contribution in [-0.2, 0) is 28.5 Å². The highest BCUT2D eigenvalue weighted by Gasteiger charge is 2.14. The second-order valence-electron chi connectivity index (χ2n) is 4.82. The maximum Gasteiger partial charge on any atom is 0.333 e. The van der Waals surface area contributed by atoms with Crippen molar-refractivity contribution in [3.8, 4) is 0 Å². The maximum absolute atomic E-state index is 11.4. The number of hydrogen-bond donors (Lipinski definition) is 0. The number of unbranched alkanes of at least 4 members (excludes halogenated alkanes) is 1. The SMILES string of the molecule is C=C(C)C(=O)OCCOC(COC(=O)C(=C)C)OCCCC. The molecule has 0 saturated carbocycles. The van der Waals surface area contributed by atoms with E-state index in [0.717, 1.165) is 12.8 Å². The van der Waals surface area contributed by atoms with E-state index < -0.39 is 18.2 Å². The summed E-state index contributed by atoms with van der Waals surface area (Å²) in [5.41, 5.74) is 0.633. The first-order valence-corrected chi connectivity index (χ1v) is 7.27. The highest BCUT2D eigenvalue weighted by atomic mass is 16.7. The molecule has 0 aromatic carbocycles. The molecular formula is C16H26O6. The first-order valence-electron chi connectivity index (χ1n) is 7.27. The van der Waals surface area contributed by atoms with Gasteiger partial charge in [-0.2, -0.15) is 0 Å². The van der Waals surface area contributed by atoms with Gasteiger partial charge in [0.1, 0.15) is 13.2 Å². The van der Waals surface area contributed by atoms with Gasteiger partial charge in [-0.25, -0.2) is 9.59 Å². The lowest BCUT2D eigenvalue weighted by Gasteiger charge is -2.18. The van der Waals surface area contributed by atoms with Crippen LogP contribution in [0, 0.1) is 0 Å². The largest absolute Gasteiger partial charge is 0.460 e. The summed E-state index contributed by atoms with van der Waals surface area (Å²) in [6.07, 6.45) is 1.16. The number of carbonyl (C=O) groups is 2. The van der Waals surface area contributed by atoms with Crippen LogP contribution < -0.4 is 0 Å². The number of ether oxygens (including phenoxy) is 4. The number of hydrogen-bond acceptors (Lipinski definition) is 6. The van der Waals surface area contributed by atoms with E-state index in [1.54, 1.807) is 13.8 Å². The molecule has 0 fully saturated rings. The molecule has 1 unspecified atom stereocenters. The highest BCUT2D eigenvalue weighted by Crippen LogP contribution is 2.02. The zero-order valence-corrected chi connectivity index (χ0v) is 13.7. The molecule has 126 valence electrons. The Morgan fingerprint density at radius 3 is 2.00 bits per heavy atom. The first-order chi connectivity index (χ1) is 10.4. The van der Waals surface area contributed by atoms with Crippen LogP contribution in [0.5, 0.6) is 0 Å². The van der Waals surface area contributed by atoms with Crippen LogP contribution in [0.3, 0.4) is 0 Å². The smallest absolute Gasteiger partial charge is 0.333 e. The number of carbonyl (C=O) groups excluding carboxylic acids is 2. The molecule has 0 N–H and O–H groups in total. The van der Waals surface area contributed by atoms with Gasteiger partial charge in [-0.05, 0) is 20.3 Å². The van der Waals surface area contributed by atoms with Crippen LogP contribution in [0.1, 0.15) is 33.6 Å². The Hall–Kier alpha value is -1.66. The second-order valence-corrected chi connectivity index (χ2v) is 4.82. The lowest BCUT2D eigenvalue weighted by Crippen LogP contribution is -2.27. The Morgan fingerprint density at radius 2 is 1.45 bits per heavy atom. The van der Waals surface area contributed by atoms with Crippen molar-refractivity contribution >= 4 is 11.9 Å². The molecule has 0 aromatic rings. The molecule has 0 aliphatic rings. The fraction of sp³-hybridized carbons (Fsp3) is 0.625. The molecule has 0 amide bonds. The minimum atomic E-state index is -0.696. The summed E-state index contributed by atoms with van der Waals surface area (Å²) in [4.78, 5) is 22.6. The predicted octanol–water partition coefficient (Wildman–Crippen LogP) is 2.38. The minimum absolute atomic E-state index is 0.0379. The summed E-state index contributed by atoms with van der Waals surface area (Å²) in [5.74, 6) is -0.970. The quantitative estimate of drug-likeness (QED) is 0.238. The standard InChI is InChI=1S/C16H26O6/c1-6-7-8-19-14(11-22-16(18)13(4)5)20-9-10-21-15(17)12(2)3/h14H,2,4,6-11H2,1,3,5H3. The average molecular weight is 314 g/mol. The van der Waals surface area contributed by atoms with Crippen molar-refractivity contribution in [3.63, 3.8) is 0 Å².